The van der Waals surface area contributed by atoms with E-state index in [9.17, 15) is 14.0 Å². The number of hydrogen-bond acceptors (Lipinski definition) is 4. The lowest BCUT2D eigenvalue weighted by Crippen LogP contribution is -2.63. The van der Waals surface area contributed by atoms with Crippen molar-refractivity contribution in [3.8, 4) is 5.75 Å². The van der Waals surface area contributed by atoms with Gasteiger partial charge < -0.3 is 0 Å². The third-order valence-electron chi connectivity index (χ3n) is 3.88. The van der Waals surface area contributed by atoms with Crippen LogP contribution in [0.25, 0.3) is 32.3 Å². The lowest BCUT2D eigenvalue weighted by molar-refractivity contribution is -1.91. The van der Waals surface area contributed by atoms with E-state index < -0.39 is 10.2 Å². The fraction of sp³-hybridized carbons (Fsp3) is 0. The summed E-state index contributed by atoms with van der Waals surface area (Å²) in [7, 11) is -4.53. The van der Waals surface area contributed by atoms with Crippen LogP contribution in [0.1, 0.15) is 0 Å². The van der Waals surface area contributed by atoms with E-state index in [1.165, 1.54) is 6.07 Å². The van der Waals surface area contributed by atoms with Crippen molar-refractivity contribution in [3.05, 3.63) is 66.7 Å². The Morgan fingerprint density at radius 2 is 1.30 bits per heavy atom. The minimum atomic E-state index is -4.53. The monoisotopic (exact) mass is 326 g/mol. The zero-order valence-electron chi connectivity index (χ0n) is 11.9. The first kappa shape index (κ1) is 14.2. The maximum Gasteiger partial charge on any atom is 0.296 e. The molecule has 0 N–H and O–H groups in total. The largest absolute Gasteiger partial charge is 0.296 e. The molecule has 4 aromatic rings. The minimum Gasteiger partial charge on any atom is -0.167 e. The van der Waals surface area contributed by atoms with Gasteiger partial charge in [-0.25, -0.2) is 0 Å². The molecular formula is C18H11ClO4. The first-order valence-electron chi connectivity index (χ1n) is 6.96. The fourth-order valence-electron chi connectivity index (χ4n) is 2.92. The Morgan fingerprint density at radius 3 is 2.13 bits per heavy atom. The van der Waals surface area contributed by atoms with Gasteiger partial charge in [0.25, 0.3) is 5.75 Å². The topological polar surface area (TPSA) is 78.4 Å². The van der Waals surface area contributed by atoms with Gasteiger partial charge in [-0.3, -0.25) is 0 Å². The standard InChI is InChI=1S/C18H11ClO4/c20-19(21,22)23-18-7-3-5-13-10-14-9-8-12-4-1-2-6-15(12)16(14)11-17(13)18/h1-11H. The third-order valence-corrected chi connectivity index (χ3v) is 4.24. The van der Waals surface area contributed by atoms with Crippen molar-refractivity contribution in [2.75, 3.05) is 0 Å². The molecule has 0 aliphatic heterocycles. The van der Waals surface area contributed by atoms with Crippen LogP contribution in [-0.2, 0) is 0 Å². The maximum absolute atomic E-state index is 10.9. The molecule has 4 aromatic carbocycles. The molecular weight excluding hydrogens is 316 g/mol. The zero-order chi connectivity index (χ0) is 16.0. The molecule has 0 unspecified atom stereocenters. The van der Waals surface area contributed by atoms with Crippen LogP contribution in [0.3, 0.4) is 0 Å². The molecule has 0 spiro atoms. The molecule has 0 saturated heterocycles. The van der Waals surface area contributed by atoms with Gasteiger partial charge in [-0.1, -0.05) is 52.8 Å². The van der Waals surface area contributed by atoms with Crippen LogP contribution in [-0.4, -0.2) is 0 Å². The molecule has 0 aromatic heterocycles. The quantitative estimate of drug-likeness (QED) is 0.412. The smallest absolute Gasteiger partial charge is 0.167 e. The highest BCUT2D eigenvalue weighted by Gasteiger charge is 2.21. The van der Waals surface area contributed by atoms with Gasteiger partial charge in [-0.05, 0) is 45.1 Å². The summed E-state index contributed by atoms with van der Waals surface area (Å²) in [6, 6.07) is 20.8. The Bertz CT molecular complexity index is 1040. The summed E-state index contributed by atoms with van der Waals surface area (Å²) >= 11 is 0. The van der Waals surface area contributed by atoms with Crippen molar-refractivity contribution in [1.29, 1.82) is 0 Å². The SMILES string of the molecule is [O-][Cl+3]([O-])([O-])Oc1cccc2cc3ccc4ccccc4c3cc12. The lowest BCUT2D eigenvalue weighted by atomic mass is 9.98. The summed E-state index contributed by atoms with van der Waals surface area (Å²) < 4.78 is 37.3. The molecule has 0 saturated carbocycles. The molecule has 0 amide bonds. The summed E-state index contributed by atoms with van der Waals surface area (Å²) in [6.07, 6.45) is 0. The molecule has 0 bridgehead atoms. The molecule has 0 atom stereocenters. The Morgan fingerprint density at radius 1 is 0.609 bits per heavy atom. The van der Waals surface area contributed by atoms with Crippen molar-refractivity contribution >= 4 is 32.3 Å². The molecule has 0 heterocycles. The Hall–Kier alpha value is -2.37. The Kier molecular flexibility index (Phi) is 3.14. The first-order valence-corrected chi connectivity index (χ1v) is 8.19. The Labute approximate surface area is 133 Å². The molecule has 0 fully saturated rings. The van der Waals surface area contributed by atoms with Gasteiger partial charge in [0.1, 0.15) is 10.2 Å². The molecule has 5 heteroatoms. The summed E-state index contributed by atoms with van der Waals surface area (Å²) in [6.45, 7) is 0. The number of rotatable bonds is 2. The van der Waals surface area contributed by atoms with E-state index in [4.69, 9.17) is 0 Å². The third kappa shape index (κ3) is 2.58. The van der Waals surface area contributed by atoms with E-state index >= 15 is 0 Å². The van der Waals surface area contributed by atoms with Gasteiger partial charge in [0.2, 0.25) is 0 Å². The molecule has 114 valence electrons. The highest BCUT2D eigenvalue weighted by atomic mass is 35.7. The van der Waals surface area contributed by atoms with Crippen LogP contribution >= 0.6 is 0 Å². The average Bonchev–Trinajstić information content (AvgIpc) is 2.52. The molecule has 4 rings (SSSR count). The van der Waals surface area contributed by atoms with Gasteiger partial charge in [0.05, 0.1) is 0 Å². The van der Waals surface area contributed by atoms with Gasteiger partial charge in [0, 0.05) is 5.39 Å². The summed E-state index contributed by atoms with van der Waals surface area (Å²) in [5.41, 5.74) is 0. The predicted molar refractivity (Wildman–Crippen MR) is 79.6 cm³/mol. The van der Waals surface area contributed by atoms with E-state index in [0.717, 1.165) is 26.9 Å². The van der Waals surface area contributed by atoms with Crippen LogP contribution < -0.4 is 18.3 Å². The number of benzene rings is 4. The van der Waals surface area contributed by atoms with Crippen LogP contribution in [0.15, 0.2) is 66.7 Å². The highest BCUT2D eigenvalue weighted by Crippen LogP contribution is 2.34. The maximum atomic E-state index is 10.9. The second-order valence-electron chi connectivity index (χ2n) is 5.29. The highest BCUT2D eigenvalue weighted by molar-refractivity contribution is 6.12. The lowest BCUT2D eigenvalue weighted by Gasteiger charge is -2.13. The number of halogens is 1. The van der Waals surface area contributed by atoms with Crippen molar-refractivity contribution < 1.29 is 28.5 Å². The minimum absolute atomic E-state index is 0.0361. The zero-order valence-corrected chi connectivity index (χ0v) is 12.6. The van der Waals surface area contributed by atoms with Crippen molar-refractivity contribution in [2.24, 2.45) is 0 Å². The van der Waals surface area contributed by atoms with Gasteiger partial charge in [-0.15, -0.1) is 0 Å². The average molecular weight is 327 g/mol. The van der Waals surface area contributed by atoms with Crippen molar-refractivity contribution in [3.63, 3.8) is 0 Å². The van der Waals surface area contributed by atoms with Crippen LogP contribution in [0.5, 0.6) is 5.75 Å². The predicted octanol–water partition coefficient (Wildman–Crippen LogP) is 1.42. The summed E-state index contributed by atoms with van der Waals surface area (Å²) in [5, 5.41) is 5.56. The van der Waals surface area contributed by atoms with Gasteiger partial charge >= 0.3 is 0 Å². The Balaban J connectivity index is 2.07. The molecule has 23 heavy (non-hydrogen) atoms. The molecule has 0 aliphatic carbocycles. The molecule has 4 nitrogen and oxygen atoms in total. The summed E-state index contributed by atoms with van der Waals surface area (Å²) in [4.78, 5) is 0. The number of hydrogen-bond donors (Lipinski definition) is 0. The summed E-state index contributed by atoms with van der Waals surface area (Å²) in [5.74, 6) is 0.0361. The van der Waals surface area contributed by atoms with Crippen molar-refractivity contribution in [1.82, 2.24) is 0 Å². The van der Waals surface area contributed by atoms with E-state index in [-0.39, 0.29) is 5.75 Å². The van der Waals surface area contributed by atoms with E-state index in [1.54, 1.807) is 6.07 Å². The molecule has 0 aliphatic rings. The van der Waals surface area contributed by atoms with Crippen LogP contribution in [0.4, 0.5) is 0 Å². The fourth-order valence-corrected chi connectivity index (χ4v) is 3.26. The normalized spacial score (nSPS) is 12.1. The van der Waals surface area contributed by atoms with Gasteiger partial charge in [-0.2, -0.15) is 14.0 Å². The van der Waals surface area contributed by atoms with Crippen LogP contribution in [0.2, 0.25) is 0 Å². The number of fused-ring (bicyclic) bond motifs is 4. The molecule has 0 radical (unpaired) electrons. The van der Waals surface area contributed by atoms with E-state index in [2.05, 4.69) is 4.29 Å². The van der Waals surface area contributed by atoms with Crippen LogP contribution in [0, 0.1) is 10.2 Å². The van der Waals surface area contributed by atoms with E-state index in [0.29, 0.717) is 5.39 Å². The second-order valence-corrected chi connectivity index (χ2v) is 6.20. The second kappa shape index (κ2) is 5.08. The van der Waals surface area contributed by atoms with Gasteiger partial charge in [0.15, 0.2) is 0 Å². The van der Waals surface area contributed by atoms with E-state index in [1.807, 2.05) is 54.6 Å². The first-order chi connectivity index (χ1) is 11.0. The van der Waals surface area contributed by atoms with Crippen molar-refractivity contribution in [2.45, 2.75) is 0 Å².